The van der Waals surface area contributed by atoms with Gasteiger partial charge in [-0.25, -0.2) is 0 Å². The van der Waals surface area contributed by atoms with Crippen LogP contribution in [0.25, 0.3) is 43.6 Å². The fourth-order valence-electron chi connectivity index (χ4n) is 6.50. The second kappa shape index (κ2) is 14.2. The van der Waals surface area contributed by atoms with Gasteiger partial charge in [0.2, 0.25) is 0 Å². The van der Waals surface area contributed by atoms with Crippen LogP contribution in [0.1, 0.15) is 26.3 Å². The molecule has 0 saturated heterocycles. The number of ether oxygens (including phenoxy) is 1. The highest BCUT2D eigenvalue weighted by Gasteiger charge is 2.17. The maximum atomic E-state index is 6.51. The molecule has 0 aliphatic rings. The van der Waals surface area contributed by atoms with Crippen molar-refractivity contribution in [2.75, 3.05) is 10.6 Å². The molecule has 2 N–H and O–H groups in total. The molecule has 52 heavy (non-hydrogen) atoms. The predicted molar refractivity (Wildman–Crippen MR) is 221 cm³/mol. The Labute approximate surface area is 309 Å². The molecule has 0 saturated carbocycles. The van der Waals surface area contributed by atoms with Crippen LogP contribution in [0, 0.1) is 0 Å². The van der Waals surface area contributed by atoms with E-state index in [4.69, 9.17) is 9.72 Å². The predicted octanol–water partition coefficient (Wildman–Crippen LogP) is 13.9. The molecule has 0 aliphatic carbocycles. The molecule has 0 bridgehead atoms. The molecule has 0 unspecified atom stereocenters. The Hall–Kier alpha value is -6.17. The highest BCUT2D eigenvalue weighted by atomic mass is 32.1. The minimum Gasteiger partial charge on any atom is -0.447 e. The van der Waals surface area contributed by atoms with Gasteiger partial charge in [-0.15, -0.1) is 0 Å². The quantitative estimate of drug-likeness (QED) is 0.158. The maximum absolute atomic E-state index is 6.51. The molecule has 2 heterocycles. The third kappa shape index (κ3) is 7.05. The molecular weight excluding hydrogens is 655 g/mol. The third-order valence-electron chi connectivity index (χ3n) is 9.19. The summed E-state index contributed by atoms with van der Waals surface area (Å²) >= 11 is 1.64. The van der Waals surface area contributed by atoms with E-state index in [1.54, 1.807) is 11.3 Å². The molecule has 8 rings (SSSR count). The number of anilines is 4. The molecule has 0 radical (unpaired) electrons. The Kier molecular flexibility index (Phi) is 9.02. The first-order valence-corrected chi connectivity index (χ1v) is 18.3. The largest absolute Gasteiger partial charge is 0.447 e. The second-order valence-corrected chi connectivity index (χ2v) is 14.9. The van der Waals surface area contributed by atoms with E-state index in [9.17, 15) is 0 Å². The maximum Gasteiger partial charge on any atom is 0.182 e. The summed E-state index contributed by atoms with van der Waals surface area (Å²) in [6.45, 7) is 6.69. The van der Waals surface area contributed by atoms with Crippen molar-refractivity contribution in [1.82, 2.24) is 4.98 Å². The number of thiophene rings is 1. The SMILES string of the molecule is CC(C)(C)c1ccnc(-c2cccc3sc(Oc4cccc(Nc5ccccc5Nc5c(-c6ccccc6)cccc5-c5ccccc5)c4)cc23)c1. The third-order valence-corrected chi connectivity index (χ3v) is 10.2. The molecular formula is C47H39N3OS. The van der Waals surface area contributed by atoms with Crippen molar-refractivity contribution in [3.8, 4) is 44.3 Å². The number of benzene rings is 6. The van der Waals surface area contributed by atoms with Crippen LogP contribution in [0.15, 0.2) is 170 Å². The van der Waals surface area contributed by atoms with Gasteiger partial charge in [0, 0.05) is 50.8 Å². The molecule has 254 valence electrons. The van der Waals surface area contributed by atoms with Crippen LogP contribution in [-0.2, 0) is 5.41 Å². The average molecular weight is 694 g/mol. The Morgan fingerprint density at radius 1 is 0.558 bits per heavy atom. The molecule has 4 nitrogen and oxygen atoms in total. The van der Waals surface area contributed by atoms with Gasteiger partial charge in [0.05, 0.1) is 22.8 Å². The fraction of sp³-hybridized carbons (Fsp3) is 0.0851. The van der Waals surface area contributed by atoms with Crippen molar-refractivity contribution >= 4 is 44.2 Å². The van der Waals surface area contributed by atoms with Crippen molar-refractivity contribution in [1.29, 1.82) is 0 Å². The minimum atomic E-state index is 0.0435. The smallest absolute Gasteiger partial charge is 0.182 e. The lowest BCUT2D eigenvalue weighted by Gasteiger charge is -2.20. The summed E-state index contributed by atoms with van der Waals surface area (Å²) in [7, 11) is 0. The van der Waals surface area contributed by atoms with Gasteiger partial charge in [-0.1, -0.05) is 141 Å². The molecule has 6 aromatic carbocycles. The first-order valence-electron chi connectivity index (χ1n) is 17.5. The molecule has 2 aromatic heterocycles. The number of nitrogens with one attached hydrogen (secondary N) is 2. The van der Waals surface area contributed by atoms with Crippen LogP contribution in [0.4, 0.5) is 22.7 Å². The normalized spacial score (nSPS) is 11.4. The van der Waals surface area contributed by atoms with E-state index in [1.807, 2.05) is 24.4 Å². The monoisotopic (exact) mass is 693 g/mol. The number of para-hydroxylation sites is 3. The van der Waals surface area contributed by atoms with Crippen LogP contribution in [0.3, 0.4) is 0 Å². The minimum absolute atomic E-state index is 0.0435. The van der Waals surface area contributed by atoms with Gasteiger partial charge in [0.1, 0.15) is 5.75 Å². The Morgan fingerprint density at radius 2 is 1.17 bits per heavy atom. The Morgan fingerprint density at radius 3 is 1.87 bits per heavy atom. The summed E-state index contributed by atoms with van der Waals surface area (Å²) < 4.78 is 7.67. The second-order valence-electron chi connectivity index (χ2n) is 13.8. The molecule has 0 fully saturated rings. The highest BCUT2D eigenvalue weighted by Crippen LogP contribution is 2.42. The van der Waals surface area contributed by atoms with E-state index in [-0.39, 0.29) is 5.41 Å². The molecule has 0 amide bonds. The van der Waals surface area contributed by atoms with E-state index in [1.165, 1.54) is 5.56 Å². The number of nitrogens with zero attached hydrogens (tertiary/aromatic N) is 1. The van der Waals surface area contributed by atoms with Gasteiger partial charge in [-0.3, -0.25) is 4.98 Å². The van der Waals surface area contributed by atoms with Gasteiger partial charge >= 0.3 is 0 Å². The Balaban J connectivity index is 1.08. The summed E-state index contributed by atoms with van der Waals surface area (Å²) in [6, 6.07) is 56.8. The van der Waals surface area contributed by atoms with Crippen LogP contribution < -0.4 is 15.4 Å². The van der Waals surface area contributed by atoms with Crippen LogP contribution in [0.5, 0.6) is 10.8 Å². The number of fused-ring (bicyclic) bond motifs is 1. The fourth-order valence-corrected chi connectivity index (χ4v) is 7.46. The van der Waals surface area contributed by atoms with E-state index in [2.05, 4.69) is 177 Å². The summed E-state index contributed by atoms with van der Waals surface area (Å²) in [5.41, 5.74) is 11.9. The van der Waals surface area contributed by atoms with Crippen LogP contribution in [0.2, 0.25) is 0 Å². The first-order chi connectivity index (χ1) is 25.4. The van der Waals surface area contributed by atoms with E-state index in [0.29, 0.717) is 0 Å². The van der Waals surface area contributed by atoms with E-state index < -0.39 is 0 Å². The number of hydrogen-bond donors (Lipinski definition) is 2. The van der Waals surface area contributed by atoms with Crippen LogP contribution >= 0.6 is 11.3 Å². The van der Waals surface area contributed by atoms with Crippen molar-refractivity contribution in [2.24, 2.45) is 0 Å². The zero-order chi connectivity index (χ0) is 35.5. The first kappa shape index (κ1) is 33.0. The topological polar surface area (TPSA) is 46.2 Å². The van der Waals surface area contributed by atoms with Crippen molar-refractivity contribution < 1.29 is 4.74 Å². The van der Waals surface area contributed by atoms with Crippen molar-refractivity contribution in [3.05, 3.63) is 176 Å². The zero-order valence-electron chi connectivity index (χ0n) is 29.4. The molecule has 5 heteroatoms. The lowest BCUT2D eigenvalue weighted by molar-refractivity contribution is 0.497. The van der Waals surface area contributed by atoms with Gasteiger partial charge in [0.25, 0.3) is 0 Å². The number of rotatable bonds is 9. The van der Waals surface area contributed by atoms with E-state index >= 15 is 0 Å². The van der Waals surface area contributed by atoms with E-state index in [0.717, 1.165) is 77.2 Å². The molecule has 0 spiro atoms. The molecule has 0 atom stereocenters. The number of pyridine rings is 1. The highest BCUT2D eigenvalue weighted by molar-refractivity contribution is 7.20. The average Bonchev–Trinajstić information content (AvgIpc) is 3.59. The summed E-state index contributed by atoms with van der Waals surface area (Å²) in [6.07, 6.45) is 1.91. The van der Waals surface area contributed by atoms with Crippen molar-refractivity contribution in [2.45, 2.75) is 26.2 Å². The van der Waals surface area contributed by atoms with Gasteiger partial charge < -0.3 is 15.4 Å². The summed E-state index contributed by atoms with van der Waals surface area (Å²) in [5.74, 6) is 0.761. The number of hydrogen-bond acceptors (Lipinski definition) is 5. The lowest BCUT2D eigenvalue weighted by Crippen LogP contribution is -2.11. The molecule has 8 aromatic rings. The summed E-state index contributed by atoms with van der Waals surface area (Å²) in [4.78, 5) is 4.74. The Bertz CT molecular complexity index is 2420. The van der Waals surface area contributed by atoms with Gasteiger partial charge in [-0.2, -0.15) is 0 Å². The van der Waals surface area contributed by atoms with Crippen molar-refractivity contribution in [3.63, 3.8) is 0 Å². The van der Waals surface area contributed by atoms with Gasteiger partial charge in [0.15, 0.2) is 5.06 Å². The molecule has 0 aliphatic heterocycles. The van der Waals surface area contributed by atoms with Gasteiger partial charge in [-0.05, 0) is 64.6 Å². The summed E-state index contributed by atoms with van der Waals surface area (Å²) in [5, 5.41) is 9.47. The number of aromatic nitrogens is 1. The lowest BCUT2D eigenvalue weighted by atomic mass is 9.87. The van der Waals surface area contributed by atoms with Crippen LogP contribution in [-0.4, -0.2) is 4.98 Å². The zero-order valence-corrected chi connectivity index (χ0v) is 30.2. The standard InChI is InChI=1S/C47H39N3OS/c1-47(2,3)34-27-28-48-43(29-34)39-23-14-26-44-40(39)31-45(52-44)51-36-20-12-19-35(30-36)49-41-24-10-11-25-42(41)50-46-37(32-15-6-4-7-16-32)21-13-22-38(46)33-17-8-5-9-18-33/h4-31,49-50H,1-3H3.